The number of benzene rings is 3. The number of aromatic nitrogens is 2. The summed E-state index contributed by atoms with van der Waals surface area (Å²) >= 11 is 0. The van der Waals surface area contributed by atoms with Crippen molar-refractivity contribution in [3.8, 4) is 11.3 Å². The van der Waals surface area contributed by atoms with Crippen molar-refractivity contribution in [1.82, 2.24) is 19.4 Å². The van der Waals surface area contributed by atoms with Crippen LogP contribution in [0.4, 0.5) is 15.9 Å². The topological polar surface area (TPSA) is 53.4 Å². The van der Waals surface area contributed by atoms with Gasteiger partial charge in [-0.1, -0.05) is 48.0 Å². The van der Waals surface area contributed by atoms with Gasteiger partial charge in [0.1, 0.15) is 23.2 Å². The van der Waals surface area contributed by atoms with Crippen molar-refractivity contribution in [3.63, 3.8) is 0 Å². The molecule has 0 fully saturated rings. The summed E-state index contributed by atoms with van der Waals surface area (Å²) in [6.45, 7) is 6.36. The molecule has 1 aliphatic heterocycles. The maximum Gasteiger partial charge on any atom is 0.240 e. The summed E-state index contributed by atoms with van der Waals surface area (Å²) in [5.74, 6) is 1.47. The van der Waals surface area contributed by atoms with E-state index in [1.165, 1.54) is 23.3 Å². The molecule has 0 spiro atoms. The van der Waals surface area contributed by atoms with Gasteiger partial charge in [0, 0.05) is 30.9 Å². The van der Waals surface area contributed by atoms with E-state index < -0.39 is 0 Å². The third-order valence-corrected chi connectivity index (χ3v) is 7.01. The lowest BCUT2D eigenvalue weighted by Gasteiger charge is -2.33. The maximum atomic E-state index is 13.6. The number of anilines is 2. The smallest absolute Gasteiger partial charge is 0.240 e. The molecule has 0 saturated heterocycles. The lowest BCUT2D eigenvalue weighted by atomic mass is 10.1. The van der Waals surface area contributed by atoms with E-state index in [2.05, 4.69) is 46.0 Å². The Kier molecular flexibility index (Phi) is 8.54. The van der Waals surface area contributed by atoms with Crippen molar-refractivity contribution in [3.05, 3.63) is 102 Å². The number of nitrogens with zero attached hydrogens (tertiary/aromatic N) is 4. The van der Waals surface area contributed by atoms with E-state index in [4.69, 9.17) is 4.98 Å². The highest BCUT2D eigenvalue weighted by atomic mass is 32.1. The number of aryl methyl sites for hydroxylation is 1. The zero-order valence-electron chi connectivity index (χ0n) is 22.0. The standard InChI is InChI=1S/C30H32FN5O.H2S/c1-21-9-15-26(16-10-21)32-29-28(24-11-13-25(31)14-12-24)33-27-20-35(17-18-36(27)29)30(37)22(2)34(3)19-23-7-5-4-6-8-23;/h4-16,22,32H,17-20H2,1-3H3;1H2/t22-;/m0./s1. The fourth-order valence-corrected chi connectivity index (χ4v) is 4.69. The summed E-state index contributed by atoms with van der Waals surface area (Å²) in [5.41, 5.74) is 4.88. The molecule has 4 aromatic rings. The third kappa shape index (κ3) is 5.92. The quantitative estimate of drug-likeness (QED) is 0.332. The Bertz CT molecular complexity index is 1370. The van der Waals surface area contributed by atoms with Crippen LogP contribution in [-0.4, -0.2) is 44.9 Å². The molecule has 8 heteroatoms. The first kappa shape index (κ1) is 27.4. The fraction of sp³-hybridized carbons (Fsp3) is 0.267. The highest BCUT2D eigenvalue weighted by molar-refractivity contribution is 7.59. The van der Waals surface area contributed by atoms with E-state index in [1.54, 1.807) is 12.1 Å². The molecule has 0 unspecified atom stereocenters. The van der Waals surface area contributed by atoms with Crippen LogP contribution in [-0.2, 0) is 24.4 Å². The van der Waals surface area contributed by atoms with Gasteiger partial charge in [-0.2, -0.15) is 13.5 Å². The van der Waals surface area contributed by atoms with E-state index in [1.807, 2.05) is 49.2 Å². The summed E-state index contributed by atoms with van der Waals surface area (Å²) in [7, 11) is 1.98. The molecule has 1 aliphatic rings. The number of halogens is 1. The maximum absolute atomic E-state index is 13.6. The Morgan fingerprint density at radius 3 is 2.39 bits per heavy atom. The third-order valence-electron chi connectivity index (χ3n) is 7.01. The Morgan fingerprint density at radius 2 is 1.71 bits per heavy atom. The van der Waals surface area contributed by atoms with Crippen LogP contribution in [0.3, 0.4) is 0 Å². The number of nitrogens with one attached hydrogen (secondary N) is 1. The SMILES string of the molecule is Cc1ccc(Nc2c(-c3ccc(F)cc3)nc3n2CCN(C(=O)[C@H](C)N(C)Cc2ccccc2)C3)cc1.S. The molecular weight excluding hydrogens is 497 g/mol. The Balaban J connectivity index is 0.00000336. The second-order valence-corrected chi connectivity index (χ2v) is 9.71. The molecular formula is C30H34FN5OS. The molecule has 0 bridgehead atoms. The normalized spacial score (nSPS) is 13.6. The lowest BCUT2D eigenvalue weighted by Crippen LogP contribution is -2.48. The monoisotopic (exact) mass is 531 g/mol. The van der Waals surface area contributed by atoms with Crippen LogP contribution in [0.5, 0.6) is 0 Å². The first-order valence-electron chi connectivity index (χ1n) is 12.6. The number of hydrogen-bond donors (Lipinski definition) is 1. The van der Waals surface area contributed by atoms with Crippen LogP contribution < -0.4 is 5.32 Å². The number of hydrogen-bond acceptors (Lipinski definition) is 4. The van der Waals surface area contributed by atoms with E-state index in [0.717, 1.165) is 28.6 Å². The number of fused-ring (bicyclic) bond motifs is 1. The fourth-order valence-electron chi connectivity index (χ4n) is 4.69. The predicted octanol–water partition coefficient (Wildman–Crippen LogP) is 5.72. The molecule has 1 aromatic heterocycles. The molecule has 6 nitrogen and oxygen atoms in total. The number of carbonyl (C=O) groups is 1. The molecule has 0 saturated carbocycles. The highest BCUT2D eigenvalue weighted by Gasteiger charge is 2.30. The Labute approximate surface area is 230 Å². The molecule has 1 amide bonds. The molecule has 1 N–H and O–H groups in total. The molecule has 0 radical (unpaired) electrons. The van der Waals surface area contributed by atoms with Crippen molar-refractivity contribution in [2.24, 2.45) is 0 Å². The van der Waals surface area contributed by atoms with Gasteiger partial charge in [-0.25, -0.2) is 9.37 Å². The number of likely N-dealkylation sites (N-methyl/N-ethyl adjacent to an activating group) is 1. The molecule has 38 heavy (non-hydrogen) atoms. The van der Waals surface area contributed by atoms with Crippen molar-refractivity contribution < 1.29 is 9.18 Å². The van der Waals surface area contributed by atoms with Crippen LogP contribution >= 0.6 is 13.5 Å². The van der Waals surface area contributed by atoms with Crippen LogP contribution in [0.15, 0.2) is 78.9 Å². The van der Waals surface area contributed by atoms with E-state index >= 15 is 0 Å². The Morgan fingerprint density at radius 1 is 1.03 bits per heavy atom. The van der Waals surface area contributed by atoms with Crippen LogP contribution in [0.1, 0.15) is 23.9 Å². The van der Waals surface area contributed by atoms with Gasteiger partial charge in [-0.3, -0.25) is 9.69 Å². The molecule has 2 heterocycles. The van der Waals surface area contributed by atoms with Gasteiger partial charge in [0.2, 0.25) is 5.91 Å². The second kappa shape index (κ2) is 11.8. The van der Waals surface area contributed by atoms with Gasteiger partial charge < -0.3 is 14.8 Å². The summed E-state index contributed by atoms with van der Waals surface area (Å²) in [6, 6.07) is 24.5. The van der Waals surface area contributed by atoms with Gasteiger partial charge in [0.25, 0.3) is 0 Å². The molecule has 3 aromatic carbocycles. The van der Waals surface area contributed by atoms with Gasteiger partial charge >= 0.3 is 0 Å². The minimum Gasteiger partial charge on any atom is -0.340 e. The minimum atomic E-state index is -0.286. The molecule has 5 rings (SSSR count). The summed E-state index contributed by atoms with van der Waals surface area (Å²) in [4.78, 5) is 22.4. The zero-order chi connectivity index (χ0) is 25.9. The zero-order valence-corrected chi connectivity index (χ0v) is 23.0. The summed E-state index contributed by atoms with van der Waals surface area (Å²) in [5, 5.41) is 3.53. The minimum absolute atomic E-state index is 0. The van der Waals surface area contributed by atoms with Crippen LogP contribution in [0.2, 0.25) is 0 Å². The number of amides is 1. The van der Waals surface area contributed by atoms with Gasteiger partial charge in [0.15, 0.2) is 0 Å². The number of rotatable bonds is 7. The van der Waals surface area contributed by atoms with Crippen LogP contribution in [0.25, 0.3) is 11.3 Å². The molecule has 0 aliphatic carbocycles. The Hall–Kier alpha value is -3.62. The first-order chi connectivity index (χ1) is 17.9. The highest BCUT2D eigenvalue weighted by Crippen LogP contribution is 2.33. The van der Waals surface area contributed by atoms with Crippen molar-refractivity contribution in [2.75, 3.05) is 18.9 Å². The van der Waals surface area contributed by atoms with E-state index in [9.17, 15) is 9.18 Å². The van der Waals surface area contributed by atoms with E-state index in [0.29, 0.717) is 26.2 Å². The van der Waals surface area contributed by atoms with Gasteiger partial charge in [-0.15, -0.1) is 0 Å². The van der Waals surface area contributed by atoms with Crippen molar-refractivity contribution >= 4 is 30.9 Å². The number of carbonyl (C=O) groups excluding carboxylic acids is 1. The predicted molar refractivity (Wildman–Crippen MR) is 155 cm³/mol. The average Bonchev–Trinajstić information content (AvgIpc) is 3.27. The molecule has 1 atom stereocenters. The van der Waals surface area contributed by atoms with Gasteiger partial charge in [0.05, 0.1) is 12.6 Å². The summed E-state index contributed by atoms with van der Waals surface area (Å²) < 4.78 is 15.8. The van der Waals surface area contributed by atoms with Crippen molar-refractivity contribution in [1.29, 1.82) is 0 Å². The first-order valence-corrected chi connectivity index (χ1v) is 12.6. The van der Waals surface area contributed by atoms with Crippen LogP contribution in [0, 0.1) is 12.7 Å². The lowest BCUT2D eigenvalue weighted by molar-refractivity contribution is -0.137. The van der Waals surface area contributed by atoms with Crippen molar-refractivity contribution in [2.45, 2.75) is 39.5 Å². The average molecular weight is 532 g/mol. The molecule has 198 valence electrons. The summed E-state index contributed by atoms with van der Waals surface area (Å²) in [6.07, 6.45) is 0. The number of imidazole rings is 1. The largest absolute Gasteiger partial charge is 0.340 e. The van der Waals surface area contributed by atoms with E-state index in [-0.39, 0.29) is 31.3 Å². The van der Waals surface area contributed by atoms with Gasteiger partial charge in [-0.05, 0) is 62.9 Å². The second-order valence-electron chi connectivity index (χ2n) is 9.71.